The van der Waals surface area contributed by atoms with Crippen molar-refractivity contribution in [2.45, 2.75) is 118 Å². The average Bonchev–Trinajstić information content (AvgIpc) is 3.04. The first kappa shape index (κ1) is 39.4. The largest absolute Gasteiger partial charge is 0.496 e. The summed E-state index contributed by atoms with van der Waals surface area (Å²) in [7, 11) is 1.42. The lowest BCUT2D eigenvalue weighted by Gasteiger charge is -2.55. The van der Waals surface area contributed by atoms with Crippen LogP contribution in [0.1, 0.15) is 91.0 Å². The molecule has 15 nitrogen and oxygen atoms in total. The van der Waals surface area contributed by atoms with Crippen LogP contribution >= 0.6 is 0 Å². The number of methoxy groups -OCH3 is 1. The van der Waals surface area contributed by atoms with E-state index in [-0.39, 0.29) is 12.8 Å². The number of hydrogen-bond donors (Lipinski definition) is 0. The van der Waals surface area contributed by atoms with E-state index in [1.165, 1.54) is 14.0 Å². The van der Waals surface area contributed by atoms with E-state index in [0.29, 0.717) is 32.5 Å². The molecule has 0 saturated carbocycles. The smallest absolute Gasteiger partial charge is 0.436 e. The Balaban J connectivity index is 1.59. The van der Waals surface area contributed by atoms with Crippen LogP contribution in [0.5, 0.6) is 5.75 Å². The molecule has 2 heterocycles. The highest BCUT2D eigenvalue weighted by molar-refractivity contribution is 6.07. The quantitative estimate of drug-likeness (QED) is 0.251. The van der Waals surface area contributed by atoms with Gasteiger partial charge < -0.3 is 23.7 Å². The van der Waals surface area contributed by atoms with Crippen molar-refractivity contribution >= 4 is 36.2 Å². The summed E-state index contributed by atoms with van der Waals surface area (Å²) >= 11 is 0. The molecular formula is C37H48N4O11. The van der Waals surface area contributed by atoms with E-state index in [0.717, 1.165) is 15.6 Å². The van der Waals surface area contributed by atoms with Gasteiger partial charge in [-0.2, -0.15) is 10.0 Å². The topological polar surface area (TPSA) is 162 Å². The minimum absolute atomic E-state index is 0.0854. The molecule has 2 aromatic carbocycles. The van der Waals surface area contributed by atoms with Gasteiger partial charge in [0.05, 0.1) is 25.4 Å². The maximum absolute atomic E-state index is 13.7. The highest BCUT2D eigenvalue weighted by Gasteiger charge is 2.66. The van der Waals surface area contributed by atoms with Crippen LogP contribution in [0, 0.1) is 6.92 Å². The third kappa shape index (κ3) is 6.95. The fourth-order valence-corrected chi connectivity index (χ4v) is 6.30. The fourth-order valence-electron chi connectivity index (χ4n) is 6.30. The Bertz CT molecular complexity index is 1740. The lowest BCUT2D eigenvalue weighted by atomic mass is 9.81. The van der Waals surface area contributed by atoms with Crippen molar-refractivity contribution in [1.82, 2.24) is 20.0 Å². The predicted octanol–water partition coefficient (Wildman–Crippen LogP) is 6.35. The molecule has 52 heavy (non-hydrogen) atoms. The van der Waals surface area contributed by atoms with Crippen molar-refractivity contribution in [3.05, 3.63) is 64.7 Å². The Morgan fingerprint density at radius 3 is 1.77 bits per heavy atom. The monoisotopic (exact) mass is 724 g/mol. The molecule has 2 fully saturated rings. The molecule has 0 aliphatic carbocycles. The van der Waals surface area contributed by atoms with E-state index >= 15 is 0 Å². The van der Waals surface area contributed by atoms with Crippen molar-refractivity contribution in [1.29, 1.82) is 0 Å². The summed E-state index contributed by atoms with van der Waals surface area (Å²) in [6.07, 6.45) is -6.16. The van der Waals surface area contributed by atoms with Gasteiger partial charge in [0.15, 0.2) is 11.1 Å². The SMILES string of the molecule is CC[C@@]1(c2ccc(CC(C)OC(=O)N3C(=O)[C@@](C)(c4cccc(C)c4)N3C(=O)OC(C)C)c(OC)c2)C(=O)N(C(=O)OC(C)C)N1C(=O)OC(C)C. The van der Waals surface area contributed by atoms with E-state index in [1.807, 2.05) is 13.0 Å². The molecule has 282 valence electrons. The van der Waals surface area contributed by atoms with Crippen LogP contribution in [-0.4, -0.2) is 87.7 Å². The highest BCUT2D eigenvalue weighted by Crippen LogP contribution is 2.46. The van der Waals surface area contributed by atoms with Crippen LogP contribution in [0.4, 0.5) is 19.2 Å². The Kier molecular flexibility index (Phi) is 11.5. The molecule has 0 bridgehead atoms. The molecule has 3 atom stereocenters. The standard InChI is InChI=1S/C37H48N4O11/c1-12-37(31(43)39(32(44)49-21(2)3)41(37)35(47)51-23(6)7)28-17-16-26(29(20-28)48-11)19-25(9)52-33(45)38-30(42)36(10,27-15-13-14-24(8)18-27)40(38)34(46)50-22(4)5/h13-18,20-23,25H,12,19H2,1-11H3/t25?,36-,37-/m1/s1. The third-order valence-electron chi connectivity index (χ3n) is 8.71. The van der Waals surface area contributed by atoms with Gasteiger partial charge in [-0.3, -0.25) is 9.59 Å². The summed E-state index contributed by atoms with van der Waals surface area (Å²) in [5.74, 6) is -1.05. The number of aryl methyl sites for hydroxylation is 1. The number of carbonyl (C=O) groups excluding carboxylic acids is 6. The van der Waals surface area contributed by atoms with Gasteiger partial charge in [-0.1, -0.05) is 48.9 Å². The van der Waals surface area contributed by atoms with Gasteiger partial charge in [0.1, 0.15) is 11.9 Å². The lowest BCUT2D eigenvalue weighted by Crippen LogP contribution is -2.78. The van der Waals surface area contributed by atoms with Gasteiger partial charge in [0, 0.05) is 6.42 Å². The fraction of sp³-hybridized carbons (Fsp3) is 0.514. The molecule has 0 radical (unpaired) electrons. The van der Waals surface area contributed by atoms with Crippen molar-refractivity contribution in [3.8, 4) is 5.75 Å². The van der Waals surface area contributed by atoms with E-state index < -0.39 is 71.7 Å². The van der Waals surface area contributed by atoms with Crippen LogP contribution in [-0.2, 0) is 46.0 Å². The Hall–Kier alpha value is -5.34. The Morgan fingerprint density at radius 2 is 1.23 bits per heavy atom. The predicted molar refractivity (Wildman–Crippen MR) is 185 cm³/mol. The van der Waals surface area contributed by atoms with Crippen molar-refractivity contribution in [2.24, 2.45) is 0 Å². The van der Waals surface area contributed by atoms with Gasteiger partial charge >= 0.3 is 24.4 Å². The number of hydrazine groups is 2. The molecule has 2 aromatic rings. The number of rotatable bonds is 10. The van der Waals surface area contributed by atoms with Crippen LogP contribution in [0.2, 0.25) is 0 Å². The van der Waals surface area contributed by atoms with Crippen LogP contribution < -0.4 is 4.74 Å². The van der Waals surface area contributed by atoms with Gasteiger partial charge in [0.2, 0.25) is 0 Å². The Morgan fingerprint density at radius 1 is 0.692 bits per heavy atom. The first-order valence-electron chi connectivity index (χ1n) is 17.2. The van der Waals surface area contributed by atoms with Crippen LogP contribution in [0.25, 0.3) is 0 Å². The molecule has 0 N–H and O–H groups in total. The molecule has 6 amide bonds. The second kappa shape index (κ2) is 15.1. The van der Waals surface area contributed by atoms with E-state index in [4.69, 9.17) is 23.7 Å². The summed E-state index contributed by atoms with van der Waals surface area (Å²) in [4.78, 5) is 80.3. The van der Waals surface area contributed by atoms with E-state index in [9.17, 15) is 28.8 Å². The maximum atomic E-state index is 13.7. The summed E-state index contributed by atoms with van der Waals surface area (Å²) < 4.78 is 27.4. The molecule has 0 aromatic heterocycles. The van der Waals surface area contributed by atoms with E-state index in [2.05, 4.69) is 0 Å². The van der Waals surface area contributed by atoms with Crippen molar-refractivity contribution < 1.29 is 52.5 Å². The first-order valence-corrected chi connectivity index (χ1v) is 17.2. The summed E-state index contributed by atoms with van der Waals surface area (Å²) in [6, 6.07) is 11.9. The second-order valence-electron chi connectivity index (χ2n) is 13.7. The molecule has 15 heteroatoms. The maximum Gasteiger partial charge on any atom is 0.436 e. The average molecular weight is 725 g/mol. The lowest BCUT2D eigenvalue weighted by molar-refractivity contribution is -0.205. The molecule has 0 spiro atoms. The van der Waals surface area contributed by atoms with Gasteiger partial charge in [0.25, 0.3) is 11.8 Å². The molecule has 1 unspecified atom stereocenters. The number of nitrogens with zero attached hydrogens (tertiary/aromatic N) is 4. The summed E-state index contributed by atoms with van der Waals surface area (Å²) in [6.45, 7) is 16.5. The number of amides is 6. The van der Waals surface area contributed by atoms with E-state index in [1.54, 1.807) is 91.8 Å². The number of carbonyl (C=O) groups is 6. The summed E-state index contributed by atoms with van der Waals surface area (Å²) in [5, 5.41) is 3.20. The first-order chi connectivity index (χ1) is 24.3. The van der Waals surface area contributed by atoms with Crippen molar-refractivity contribution in [2.75, 3.05) is 7.11 Å². The molecule has 4 rings (SSSR count). The second-order valence-corrected chi connectivity index (χ2v) is 13.7. The number of benzene rings is 2. The van der Waals surface area contributed by atoms with Gasteiger partial charge in [-0.05, 0) is 91.5 Å². The van der Waals surface area contributed by atoms with Gasteiger partial charge in [-0.25, -0.2) is 19.2 Å². The van der Waals surface area contributed by atoms with Crippen LogP contribution in [0.3, 0.4) is 0 Å². The third-order valence-corrected chi connectivity index (χ3v) is 8.71. The minimum atomic E-state index is -1.61. The number of imide groups is 2. The minimum Gasteiger partial charge on any atom is -0.496 e. The molecule has 2 aliphatic rings. The zero-order valence-corrected chi connectivity index (χ0v) is 31.5. The zero-order chi connectivity index (χ0) is 38.9. The zero-order valence-electron chi connectivity index (χ0n) is 31.5. The normalized spacial score (nSPS) is 20.4. The molecule has 2 saturated heterocycles. The number of hydrogen-bond acceptors (Lipinski definition) is 11. The van der Waals surface area contributed by atoms with Crippen LogP contribution in [0.15, 0.2) is 42.5 Å². The molecular weight excluding hydrogens is 676 g/mol. The Labute approximate surface area is 303 Å². The number of ether oxygens (including phenoxy) is 5. The highest BCUT2D eigenvalue weighted by atomic mass is 16.6. The van der Waals surface area contributed by atoms with Gasteiger partial charge in [-0.15, -0.1) is 10.0 Å². The van der Waals surface area contributed by atoms with Crippen molar-refractivity contribution in [3.63, 3.8) is 0 Å². The molecule has 2 aliphatic heterocycles. The summed E-state index contributed by atoms with van der Waals surface area (Å²) in [5.41, 5.74) is -0.843.